The van der Waals surface area contributed by atoms with Gasteiger partial charge in [-0.1, -0.05) is 30.3 Å². The van der Waals surface area contributed by atoms with E-state index in [2.05, 4.69) is 17.4 Å². The first kappa shape index (κ1) is 21.7. The molecule has 2 amide bonds. The molecule has 160 valence electrons. The molecule has 0 unspecified atom stereocenters. The third-order valence-corrected chi connectivity index (χ3v) is 5.17. The molecule has 30 heavy (non-hydrogen) atoms. The van der Waals surface area contributed by atoms with Gasteiger partial charge in [-0.05, 0) is 68.9 Å². The number of nitrogens with one attached hydrogen (secondary N) is 1. The molecular formula is C24H31N3O3. The lowest BCUT2D eigenvalue weighted by Gasteiger charge is -2.32. The first-order valence-electron chi connectivity index (χ1n) is 10.4. The molecule has 6 nitrogen and oxygen atoms in total. The number of hydrogen-bond donors (Lipinski definition) is 2. The second kappa shape index (κ2) is 9.20. The van der Waals surface area contributed by atoms with Crippen molar-refractivity contribution in [2.24, 2.45) is 0 Å². The molecule has 0 bridgehead atoms. The van der Waals surface area contributed by atoms with Crippen LogP contribution in [0.5, 0.6) is 0 Å². The molecule has 1 aliphatic rings. The van der Waals surface area contributed by atoms with Crippen LogP contribution in [-0.2, 0) is 11.3 Å². The van der Waals surface area contributed by atoms with Crippen molar-refractivity contribution < 1.29 is 14.3 Å². The zero-order chi connectivity index (χ0) is 21.7. The molecule has 0 spiro atoms. The Hall–Kier alpha value is -3.02. The summed E-state index contributed by atoms with van der Waals surface area (Å²) in [6, 6.07) is 15.4. The van der Waals surface area contributed by atoms with Crippen LogP contribution in [0.4, 0.5) is 10.5 Å². The molecule has 2 aromatic rings. The molecule has 2 aromatic carbocycles. The summed E-state index contributed by atoms with van der Waals surface area (Å²) in [7, 11) is 0. The van der Waals surface area contributed by atoms with Crippen LogP contribution in [0.15, 0.2) is 48.5 Å². The van der Waals surface area contributed by atoms with Crippen molar-refractivity contribution in [2.75, 3.05) is 18.8 Å². The van der Waals surface area contributed by atoms with Gasteiger partial charge in [0.1, 0.15) is 5.60 Å². The highest BCUT2D eigenvalue weighted by Gasteiger charge is 2.25. The van der Waals surface area contributed by atoms with Crippen molar-refractivity contribution in [3.63, 3.8) is 0 Å². The molecule has 0 saturated carbocycles. The molecule has 1 fully saturated rings. The fraction of sp³-hybridized carbons (Fsp3) is 0.417. The number of amides is 2. The van der Waals surface area contributed by atoms with Crippen molar-refractivity contribution in [3.05, 3.63) is 65.2 Å². The van der Waals surface area contributed by atoms with E-state index in [9.17, 15) is 9.59 Å². The minimum atomic E-state index is -0.511. The fourth-order valence-corrected chi connectivity index (χ4v) is 3.72. The summed E-state index contributed by atoms with van der Waals surface area (Å²) < 4.78 is 5.29. The smallest absolute Gasteiger partial charge is 0.407 e. The third kappa shape index (κ3) is 5.99. The van der Waals surface area contributed by atoms with Gasteiger partial charge >= 0.3 is 6.09 Å². The Morgan fingerprint density at radius 1 is 1.10 bits per heavy atom. The van der Waals surface area contributed by atoms with E-state index in [1.807, 2.05) is 49.9 Å². The van der Waals surface area contributed by atoms with Crippen molar-refractivity contribution >= 4 is 17.7 Å². The SMILES string of the molecule is CC(C)(C)OC(=O)NCc1cccc(C2CCN(C(=O)c3cccc(N)c3)CC2)c1. The molecule has 3 rings (SSSR count). The monoisotopic (exact) mass is 409 g/mol. The van der Waals surface area contributed by atoms with Crippen molar-refractivity contribution in [2.45, 2.75) is 51.7 Å². The van der Waals surface area contributed by atoms with Crippen LogP contribution in [0.25, 0.3) is 0 Å². The molecule has 0 aromatic heterocycles. The van der Waals surface area contributed by atoms with Crippen LogP contribution in [-0.4, -0.2) is 35.6 Å². The molecule has 6 heteroatoms. The molecule has 0 radical (unpaired) electrons. The Balaban J connectivity index is 1.55. The maximum Gasteiger partial charge on any atom is 0.407 e. The van der Waals surface area contributed by atoms with Crippen LogP contribution in [0.1, 0.15) is 61.0 Å². The van der Waals surface area contributed by atoms with E-state index in [1.54, 1.807) is 12.1 Å². The molecule has 0 atom stereocenters. The van der Waals surface area contributed by atoms with Crippen LogP contribution < -0.4 is 11.1 Å². The second-order valence-electron chi connectivity index (χ2n) is 8.79. The summed E-state index contributed by atoms with van der Waals surface area (Å²) in [5.41, 5.74) is 8.83. The highest BCUT2D eigenvalue weighted by Crippen LogP contribution is 2.29. The number of alkyl carbamates (subject to hydrolysis) is 1. The first-order chi connectivity index (χ1) is 14.2. The normalized spacial score (nSPS) is 15.0. The lowest BCUT2D eigenvalue weighted by molar-refractivity contribution is 0.0523. The van der Waals surface area contributed by atoms with Crippen LogP contribution >= 0.6 is 0 Å². The van der Waals surface area contributed by atoms with Gasteiger partial charge in [-0.25, -0.2) is 4.79 Å². The zero-order valence-corrected chi connectivity index (χ0v) is 18.0. The van der Waals surface area contributed by atoms with Crippen molar-refractivity contribution in [1.29, 1.82) is 0 Å². The summed E-state index contributed by atoms with van der Waals surface area (Å²) in [5.74, 6) is 0.437. The predicted octanol–water partition coefficient (Wildman–Crippen LogP) is 4.31. The summed E-state index contributed by atoms with van der Waals surface area (Å²) >= 11 is 0. The van der Waals surface area contributed by atoms with Gasteiger partial charge in [0.25, 0.3) is 5.91 Å². The van der Waals surface area contributed by atoms with E-state index in [-0.39, 0.29) is 5.91 Å². The van der Waals surface area contributed by atoms with E-state index >= 15 is 0 Å². The largest absolute Gasteiger partial charge is 0.444 e. The summed E-state index contributed by atoms with van der Waals surface area (Å²) in [4.78, 5) is 26.5. The third-order valence-electron chi connectivity index (χ3n) is 5.17. The summed E-state index contributed by atoms with van der Waals surface area (Å²) in [6.07, 6.45) is 1.41. The lowest BCUT2D eigenvalue weighted by atomic mass is 9.88. The quantitative estimate of drug-likeness (QED) is 0.737. The Kier molecular flexibility index (Phi) is 6.65. The number of piperidine rings is 1. The van der Waals surface area contributed by atoms with Gasteiger partial charge in [0.15, 0.2) is 0 Å². The highest BCUT2D eigenvalue weighted by atomic mass is 16.6. The van der Waals surface area contributed by atoms with Gasteiger partial charge in [0.05, 0.1) is 0 Å². The van der Waals surface area contributed by atoms with Crippen molar-refractivity contribution in [3.8, 4) is 0 Å². The van der Waals surface area contributed by atoms with E-state index in [0.717, 1.165) is 31.5 Å². The molecule has 1 aliphatic heterocycles. The number of hydrogen-bond acceptors (Lipinski definition) is 4. The zero-order valence-electron chi connectivity index (χ0n) is 18.0. The minimum absolute atomic E-state index is 0.0380. The van der Waals surface area contributed by atoms with Gasteiger partial charge in [-0.2, -0.15) is 0 Å². The number of carbonyl (C=O) groups excluding carboxylic acids is 2. The second-order valence-corrected chi connectivity index (χ2v) is 8.79. The summed E-state index contributed by atoms with van der Waals surface area (Å²) in [5, 5.41) is 2.81. The standard InChI is InChI=1S/C24H31N3O3/c1-24(2,3)30-23(29)26-16-17-6-4-7-19(14-17)18-10-12-27(13-11-18)22(28)20-8-5-9-21(25)15-20/h4-9,14-15,18H,10-13,16,25H2,1-3H3,(H,26,29). The van der Waals surface area contributed by atoms with Crippen LogP contribution in [0, 0.1) is 0 Å². The average Bonchev–Trinajstić information content (AvgIpc) is 2.71. The Bertz CT molecular complexity index is 897. The van der Waals surface area contributed by atoms with Gasteiger partial charge in [-0.15, -0.1) is 0 Å². The highest BCUT2D eigenvalue weighted by molar-refractivity contribution is 5.95. The molecule has 1 saturated heterocycles. The number of benzene rings is 2. The van der Waals surface area contributed by atoms with Crippen LogP contribution in [0.2, 0.25) is 0 Å². The maximum absolute atomic E-state index is 12.7. The number of nitrogen functional groups attached to an aromatic ring is 1. The molecule has 0 aliphatic carbocycles. The number of carbonyl (C=O) groups is 2. The number of likely N-dealkylation sites (tertiary alicyclic amines) is 1. The number of nitrogens with two attached hydrogens (primary N) is 1. The average molecular weight is 410 g/mol. The summed E-state index contributed by atoms with van der Waals surface area (Å²) in [6.45, 7) is 7.40. The maximum atomic E-state index is 12.7. The van der Waals surface area contributed by atoms with Gasteiger partial charge in [-0.3, -0.25) is 4.79 Å². The van der Waals surface area contributed by atoms with Crippen LogP contribution in [0.3, 0.4) is 0 Å². The van der Waals surface area contributed by atoms with Gasteiger partial charge in [0.2, 0.25) is 0 Å². The number of anilines is 1. The fourth-order valence-electron chi connectivity index (χ4n) is 3.72. The topological polar surface area (TPSA) is 84.7 Å². The van der Waals surface area contributed by atoms with Crippen molar-refractivity contribution in [1.82, 2.24) is 10.2 Å². The van der Waals surface area contributed by atoms with E-state index < -0.39 is 11.7 Å². The molecule has 3 N–H and O–H groups in total. The number of nitrogens with zero attached hydrogens (tertiary/aromatic N) is 1. The number of ether oxygens (including phenoxy) is 1. The first-order valence-corrected chi connectivity index (χ1v) is 10.4. The van der Waals surface area contributed by atoms with E-state index in [0.29, 0.717) is 23.7 Å². The number of rotatable bonds is 4. The molecular weight excluding hydrogens is 378 g/mol. The predicted molar refractivity (Wildman–Crippen MR) is 118 cm³/mol. The molecule has 1 heterocycles. The lowest BCUT2D eigenvalue weighted by Crippen LogP contribution is -2.38. The minimum Gasteiger partial charge on any atom is -0.444 e. The van der Waals surface area contributed by atoms with Gasteiger partial charge < -0.3 is 20.7 Å². The Labute approximate surface area is 178 Å². The van der Waals surface area contributed by atoms with E-state index in [4.69, 9.17) is 10.5 Å². The van der Waals surface area contributed by atoms with E-state index in [1.165, 1.54) is 5.56 Å². The Morgan fingerprint density at radius 3 is 2.47 bits per heavy atom. The Morgan fingerprint density at radius 2 is 1.80 bits per heavy atom. The van der Waals surface area contributed by atoms with Gasteiger partial charge in [0, 0.05) is 30.9 Å².